The summed E-state index contributed by atoms with van der Waals surface area (Å²) in [6.45, 7) is 15.9. The lowest BCUT2D eigenvalue weighted by Crippen LogP contribution is -2.03. The average molecular weight is 365 g/mol. The second kappa shape index (κ2) is 6.64. The second-order valence-corrected chi connectivity index (χ2v) is 7.05. The largest absolute Gasteiger partial charge is 0.383 e. The number of aryl methyl sites for hydroxylation is 8. The van der Waals surface area contributed by atoms with Gasteiger partial charge in [-0.15, -0.1) is 0 Å². The Morgan fingerprint density at radius 3 is 1.81 bits per heavy atom. The van der Waals surface area contributed by atoms with Gasteiger partial charge in [-0.3, -0.25) is 14.4 Å². The van der Waals surface area contributed by atoms with Gasteiger partial charge in [0.1, 0.15) is 5.82 Å². The van der Waals surface area contributed by atoms with E-state index in [1.54, 1.807) is 0 Å². The molecule has 0 spiro atoms. The number of nitrogen functional groups attached to an aromatic ring is 1. The molecule has 0 aliphatic heterocycles. The molecule has 7 nitrogen and oxygen atoms in total. The Labute approximate surface area is 159 Å². The zero-order chi connectivity index (χ0) is 20.0. The highest BCUT2D eigenvalue weighted by Gasteiger charge is 2.12. The smallest absolute Gasteiger partial charge is 0.160 e. The zero-order valence-electron chi connectivity index (χ0n) is 17.3. The molecule has 2 N–H and O–H groups in total. The normalized spacial score (nSPS) is 11.1. The van der Waals surface area contributed by atoms with E-state index >= 15 is 0 Å². The Morgan fingerprint density at radius 2 is 1.19 bits per heavy atom. The maximum atomic E-state index is 5.95. The molecule has 4 aromatic rings. The molecule has 142 valence electrons. The molecular weight excluding hydrogens is 338 g/mol. The molecule has 4 rings (SSSR count). The number of aromatic nitrogens is 6. The van der Waals surface area contributed by atoms with Gasteiger partial charge in [0.15, 0.2) is 11.3 Å². The standard InChI is InChI=1S/C10H14N4.C10H13N3/c1-5-8(4)14-9(11)6(2)13-10(14)7(3)12-5;1-6-5-13-9(4)7(2)12-8(3)10(13)11-6/h11H2,1-4H3;5H,1-4H3. The summed E-state index contributed by atoms with van der Waals surface area (Å²) in [6.07, 6.45) is 2.05. The van der Waals surface area contributed by atoms with Gasteiger partial charge in [0.2, 0.25) is 0 Å². The third-order valence-electron chi connectivity index (χ3n) is 4.99. The van der Waals surface area contributed by atoms with Crippen molar-refractivity contribution in [2.24, 2.45) is 0 Å². The number of hydrogen-bond donors (Lipinski definition) is 1. The fraction of sp³-hybridized carbons (Fsp3) is 0.400. The van der Waals surface area contributed by atoms with E-state index < -0.39 is 0 Å². The van der Waals surface area contributed by atoms with E-state index in [2.05, 4.69) is 31.3 Å². The fourth-order valence-electron chi connectivity index (χ4n) is 3.23. The summed E-state index contributed by atoms with van der Waals surface area (Å²) in [4.78, 5) is 17.7. The number of imidazole rings is 2. The van der Waals surface area contributed by atoms with Crippen LogP contribution in [0.2, 0.25) is 0 Å². The summed E-state index contributed by atoms with van der Waals surface area (Å²) in [6, 6.07) is 0. The quantitative estimate of drug-likeness (QED) is 0.515. The lowest BCUT2D eigenvalue weighted by atomic mass is 10.3. The van der Waals surface area contributed by atoms with Crippen molar-refractivity contribution in [2.45, 2.75) is 55.4 Å². The van der Waals surface area contributed by atoms with Gasteiger partial charge in [-0.1, -0.05) is 0 Å². The van der Waals surface area contributed by atoms with Crippen molar-refractivity contribution in [1.29, 1.82) is 0 Å². The van der Waals surface area contributed by atoms with Gasteiger partial charge in [0.05, 0.1) is 34.2 Å². The highest BCUT2D eigenvalue weighted by Crippen LogP contribution is 2.19. The number of rotatable bonds is 0. The molecule has 0 fully saturated rings. The van der Waals surface area contributed by atoms with Crippen LogP contribution in [0.15, 0.2) is 6.20 Å². The predicted octanol–water partition coefficient (Wildman–Crippen LogP) is 3.51. The van der Waals surface area contributed by atoms with Crippen molar-refractivity contribution in [3.8, 4) is 0 Å². The molecule has 7 heteroatoms. The first-order valence-corrected chi connectivity index (χ1v) is 8.99. The molecule has 0 atom stereocenters. The van der Waals surface area contributed by atoms with Crippen molar-refractivity contribution in [2.75, 3.05) is 5.73 Å². The molecular formula is C20H27N7. The number of hydrogen-bond acceptors (Lipinski definition) is 5. The minimum atomic E-state index is 0.714. The second-order valence-electron chi connectivity index (χ2n) is 7.05. The lowest BCUT2D eigenvalue weighted by Gasteiger charge is -2.06. The number of fused-ring (bicyclic) bond motifs is 2. The number of anilines is 1. The molecule has 0 unspecified atom stereocenters. The Bertz CT molecular complexity index is 1160. The van der Waals surface area contributed by atoms with Crippen LogP contribution in [-0.4, -0.2) is 28.7 Å². The first-order chi connectivity index (χ1) is 12.6. The Hall–Kier alpha value is -2.96. The summed E-state index contributed by atoms with van der Waals surface area (Å²) in [5.74, 6) is 0.714. The van der Waals surface area contributed by atoms with Gasteiger partial charge in [0, 0.05) is 17.6 Å². The van der Waals surface area contributed by atoms with E-state index in [4.69, 9.17) is 5.73 Å². The van der Waals surface area contributed by atoms with Gasteiger partial charge in [0.25, 0.3) is 0 Å². The fourth-order valence-corrected chi connectivity index (χ4v) is 3.23. The minimum Gasteiger partial charge on any atom is -0.383 e. The highest BCUT2D eigenvalue weighted by atomic mass is 15.1. The predicted molar refractivity (Wildman–Crippen MR) is 108 cm³/mol. The van der Waals surface area contributed by atoms with Crippen molar-refractivity contribution in [3.05, 3.63) is 51.7 Å². The average Bonchev–Trinajstić information content (AvgIpc) is 3.13. The van der Waals surface area contributed by atoms with Crippen LogP contribution >= 0.6 is 0 Å². The van der Waals surface area contributed by atoms with Crippen molar-refractivity contribution >= 4 is 17.1 Å². The topological polar surface area (TPSA) is 86.4 Å². The summed E-state index contributed by atoms with van der Waals surface area (Å²) in [7, 11) is 0. The van der Waals surface area contributed by atoms with Gasteiger partial charge in [-0.25, -0.2) is 9.97 Å². The Morgan fingerprint density at radius 1 is 0.630 bits per heavy atom. The molecule has 4 aromatic heterocycles. The highest BCUT2D eigenvalue weighted by molar-refractivity contribution is 5.56. The number of nitrogens with two attached hydrogens (primary N) is 1. The van der Waals surface area contributed by atoms with Crippen LogP contribution in [0.3, 0.4) is 0 Å². The molecule has 0 saturated heterocycles. The van der Waals surface area contributed by atoms with Crippen LogP contribution in [-0.2, 0) is 0 Å². The zero-order valence-corrected chi connectivity index (χ0v) is 17.3. The molecule has 0 aliphatic rings. The van der Waals surface area contributed by atoms with E-state index in [1.165, 1.54) is 5.69 Å². The van der Waals surface area contributed by atoms with E-state index in [1.807, 2.05) is 59.1 Å². The van der Waals surface area contributed by atoms with Crippen LogP contribution in [0.5, 0.6) is 0 Å². The van der Waals surface area contributed by atoms with Crippen molar-refractivity contribution in [1.82, 2.24) is 28.7 Å². The Balaban J connectivity index is 0.000000156. The SMILES string of the molecule is Cc1cn2c(C)c(C)nc(C)c2n1.Cc1nc(C)c2nc(C)c(N)n2c1C. The molecule has 0 amide bonds. The van der Waals surface area contributed by atoms with Crippen molar-refractivity contribution in [3.63, 3.8) is 0 Å². The summed E-state index contributed by atoms with van der Waals surface area (Å²) < 4.78 is 4.07. The van der Waals surface area contributed by atoms with E-state index in [0.717, 1.165) is 51.2 Å². The van der Waals surface area contributed by atoms with Gasteiger partial charge >= 0.3 is 0 Å². The third kappa shape index (κ3) is 3.13. The molecule has 0 bridgehead atoms. The van der Waals surface area contributed by atoms with Gasteiger partial charge in [-0.2, -0.15) is 0 Å². The first-order valence-electron chi connectivity index (χ1n) is 8.99. The first kappa shape index (κ1) is 18.8. The van der Waals surface area contributed by atoms with Gasteiger partial charge in [-0.05, 0) is 55.4 Å². The molecule has 0 radical (unpaired) electrons. The van der Waals surface area contributed by atoms with E-state index in [9.17, 15) is 0 Å². The minimum absolute atomic E-state index is 0.714. The summed E-state index contributed by atoms with van der Waals surface area (Å²) >= 11 is 0. The van der Waals surface area contributed by atoms with Crippen LogP contribution in [0, 0.1) is 55.4 Å². The van der Waals surface area contributed by atoms with E-state index in [0.29, 0.717) is 5.82 Å². The molecule has 27 heavy (non-hydrogen) atoms. The van der Waals surface area contributed by atoms with Crippen LogP contribution in [0.4, 0.5) is 5.82 Å². The van der Waals surface area contributed by atoms with Crippen LogP contribution < -0.4 is 5.73 Å². The Kier molecular flexibility index (Phi) is 4.63. The molecule has 0 aromatic carbocycles. The third-order valence-corrected chi connectivity index (χ3v) is 4.99. The lowest BCUT2D eigenvalue weighted by molar-refractivity contribution is 0.969. The maximum Gasteiger partial charge on any atom is 0.160 e. The monoisotopic (exact) mass is 365 g/mol. The summed E-state index contributed by atoms with van der Waals surface area (Å²) in [5, 5.41) is 0. The molecule has 0 aliphatic carbocycles. The van der Waals surface area contributed by atoms with Gasteiger partial charge < -0.3 is 10.1 Å². The van der Waals surface area contributed by atoms with E-state index in [-0.39, 0.29) is 0 Å². The molecule has 4 heterocycles. The van der Waals surface area contributed by atoms with Crippen molar-refractivity contribution < 1.29 is 0 Å². The molecule has 0 saturated carbocycles. The summed E-state index contributed by atoms with van der Waals surface area (Å²) in [5.41, 5.74) is 15.9. The maximum absolute atomic E-state index is 5.95. The number of nitrogens with zero attached hydrogens (tertiary/aromatic N) is 6. The van der Waals surface area contributed by atoms with Crippen LogP contribution in [0.1, 0.15) is 45.6 Å². The van der Waals surface area contributed by atoms with Crippen LogP contribution in [0.25, 0.3) is 11.3 Å².